The highest BCUT2D eigenvalue weighted by molar-refractivity contribution is 7.90. The predicted molar refractivity (Wildman–Crippen MR) is 81.5 cm³/mol. The molecule has 0 fully saturated rings. The molecule has 2 N–H and O–H groups in total. The van der Waals surface area contributed by atoms with Crippen LogP contribution >= 0.6 is 11.6 Å². The molecule has 24 heavy (non-hydrogen) atoms. The average Bonchev–Trinajstić information content (AvgIpc) is 2.53. The number of hydrogen-bond donors (Lipinski definition) is 2. The lowest BCUT2D eigenvalue weighted by Gasteiger charge is -2.09. The number of rotatable bonds is 5. The van der Waals surface area contributed by atoms with Gasteiger partial charge in [0.05, 0.1) is 14.2 Å². The number of anilines is 1. The number of methoxy groups -OCH3 is 2. The minimum atomic E-state index is -4.23. The minimum Gasteiger partial charge on any atom is -0.467 e. The van der Waals surface area contributed by atoms with E-state index in [9.17, 15) is 13.2 Å². The summed E-state index contributed by atoms with van der Waals surface area (Å²) in [7, 11) is -1.63. The quantitative estimate of drug-likeness (QED) is 0.712. The van der Waals surface area contributed by atoms with Crippen LogP contribution in [0.3, 0.4) is 0 Å². The van der Waals surface area contributed by atoms with Gasteiger partial charge in [-0.3, -0.25) is 5.32 Å². The molecule has 11 nitrogen and oxygen atoms in total. The van der Waals surface area contributed by atoms with Crippen LogP contribution in [-0.2, 0) is 10.0 Å². The van der Waals surface area contributed by atoms with Crippen LogP contribution < -0.4 is 19.5 Å². The third-order valence-corrected chi connectivity index (χ3v) is 4.20. The maximum absolute atomic E-state index is 12.1. The van der Waals surface area contributed by atoms with Gasteiger partial charge in [0.15, 0.2) is 0 Å². The molecule has 128 valence electrons. The molecular weight excluding hydrogens is 364 g/mol. The van der Waals surface area contributed by atoms with Gasteiger partial charge < -0.3 is 9.47 Å². The number of hydrogen-bond acceptors (Lipinski definition) is 9. The molecular formula is C11H11ClN6O5S. The van der Waals surface area contributed by atoms with Crippen molar-refractivity contribution in [1.29, 1.82) is 0 Å². The van der Waals surface area contributed by atoms with E-state index in [4.69, 9.17) is 21.1 Å². The number of amides is 2. The molecule has 0 saturated heterocycles. The molecule has 0 saturated carbocycles. The standard InChI is InChI=1S/C11H11ClN6O5S/c1-22-10-15-8(16-11(17-10)23-2)14-9(19)18-24(20,21)6-4-3-5-13-7(6)12/h3-5H,1-2H3,(H2,14,15,16,17,18,19). The van der Waals surface area contributed by atoms with Crippen molar-refractivity contribution in [2.45, 2.75) is 4.90 Å². The third-order valence-electron chi connectivity index (χ3n) is 2.43. The molecule has 0 spiro atoms. The summed E-state index contributed by atoms with van der Waals surface area (Å²) in [5, 5.41) is 1.85. The number of halogens is 1. The van der Waals surface area contributed by atoms with E-state index in [0.717, 1.165) is 0 Å². The Morgan fingerprint density at radius 2 is 1.79 bits per heavy atom. The van der Waals surface area contributed by atoms with Crippen LogP contribution in [0, 0.1) is 0 Å². The Bertz CT molecular complexity index is 839. The molecule has 2 rings (SSSR count). The SMILES string of the molecule is COc1nc(NC(=O)NS(=O)(=O)c2cccnc2Cl)nc(OC)n1. The lowest BCUT2D eigenvalue weighted by Crippen LogP contribution is -2.35. The summed E-state index contributed by atoms with van der Waals surface area (Å²) in [5.41, 5.74) is 0. The molecule has 0 atom stereocenters. The van der Waals surface area contributed by atoms with E-state index >= 15 is 0 Å². The lowest BCUT2D eigenvalue weighted by atomic mass is 10.5. The highest BCUT2D eigenvalue weighted by Gasteiger charge is 2.22. The van der Waals surface area contributed by atoms with E-state index in [1.165, 1.54) is 32.5 Å². The number of pyridine rings is 1. The Labute approximate surface area is 141 Å². The molecule has 2 amide bonds. The number of carbonyl (C=O) groups is 1. The molecule has 0 radical (unpaired) electrons. The fraction of sp³-hybridized carbons (Fsp3) is 0.182. The molecule has 0 aliphatic heterocycles. The van der Waals surface area contributed by atoms with Gasteiger partial charge in [-0.05, 0) is 12.1 Å². The first-order chi connectivity index (χ1) is 11.4. The zero-order valence-corrected chi connectivity index (χ0v) is 13.9. The van der Waals surface area contributed by atoms with Crippen molar-refractivity contribution in [2.75, 3.05) is 19.5 Å². The van der Waals surface area contributed by atoms with E-state index in [1.807, 2.05) is 0 Å². The second-order valence-corrected chi connectivity index (χ2v) is 5.99. The van der Waals surface area contributed by atoms with Crippen LogP contribution in [0.1, 0.15) is 0 Å². The first kappa shape index (κ1) is 17.6. The summed E-state index contributed by atoms with van der Waals surface area (Å²) in [5.74, 6) is -0.274. The zero-order valence-electron chi connectivity index (χ0n) is 12.3. The topological polar surface area (TPSA) is 145 Å². The summed E-state index contributed by atoms with van der Waals surface area (Å²) in [6, 6.07) is 1.18. The van der Waals surface area contributed by atoms with E-state index in [-0.39, 0.29) is 28.0 Å². The van der Waals surface area contributed by atoms with Crippen molar-refractivity contribution in [3.05, 3.63) is 23.5 Å². The molecule has 0 unspecified atom stereocenters. The average molecular weight is 375 g/mol. The Morgan fingerprint density at radius 1 is 1.17 bits per heavy atom. The van der Waals surface area contributed by atoms with E-state index < -0.39 is 16.1 Å². The molecule has 0 aromatic carbocycles. The lowest BCUT2D eigenvalue weighted by molar-refractivity contribution is 0.256. The maximum atomic E-state index is 12.1. The van der Waals surface area contributed by atoms with Gasteiger partial charge in [-0.1, -0.05) is 11.6 Å². The van der Waals surface area contributed by atoms with Crippen LogP contribution in [0.4, 0.5) is 10.7 Å². The van der Waals surface area contributed by atoms with Gasteiger partial charge in [0, 0.05) is 6.20 Å². The second-order valence-electron chi connectivity index (χ2n) is 3.98. The molecule has 0 aliphatic carbocycles. The Hall–Kier alpha value is -2.73. The van der Waals surface area contributed by atoms with Crippen LogP contribution in [0.2, 0.25) is 5.15 Å². The zero-order chi connectivity index (χ0) is 17.7. The van der Waals surface area contributed by atoms with Crippen molar-refractivity contribution in [2.24, 2.45) is 0 Å². The van der Waals surface area contributed by atoms with Gasteiger partial charge in [-0.2, -0.15) is 9.97 Å². The van der Waals surface area contributed by atoms with Crippen LogP contribution in [0.5, 0.6) is 12.0 Å². The van der Waals surface area contributed by atoms with E-state index in [1.54, 1.807) is 4.72 Å². The minimum absolute atomic E-state index is 0.129. The van der Waals surface area contributed by atoms with Gasteiger partial charge in [-0.25, -0.2) is 22.9 Å². The molecule has 0 aliphatic rings. The van der Waals surface area contributed by atoms with Crippen molar-refractivity contribution in [3.63, 3.8) is 0 Å². The van der Waals surface area contributed by atoms with Crippen LogP contribution in [-0.4, -0.2) is 48.6 Å². The first-order valence-corrected chi connectivity index (χ1v) is 8.00. The fourth-order valence-corrected chi connectivity index (χ4v) is 2.81. The molecule has 2 heterocycles. The smallest absolute Gasteiger partial charge is 0.335 e. The van der Waals surface area contributed by atoms with Crippen LogP contribution in [0.25, 0.3) is 0 Å². The Balaban J connectivity index is 2.18. The predicted octanol–water partition coefficient (Wildman–Crippen LogP) is 0.448. The summed E-state index contributed by atoms with van der Waals surface area (Å²) in [6.07, 6.45) is 1.31. The van der Waals surface area contributed by atoms with Gasteiger partial charge in [0.2, 0.25) is 5.95 Å². The fourth-order valence-electron chi connectivity index (χ4n) is 1.45. The summed E-state index contributed by atoms with van der Waals surface area (Å²) in [4.78, 5) is 26.3. The number of nitrogens with one attached hydrogen (secondary N) is 2. The molecule has 2 aromatic heterocycles. The number of carbonyl (C=O) groups excluding carboxylic acids is 1. The number of sulfonamides is 1. The maximum Gasteiger partial charge on any atom is 0.335 e. The number of ether oxygens (including phenoxy) is 2. The largest absolute Gasteiger partial charge is 0.467 e. The van der Waals surface area contributed by atoms with E-state index in [2.05, 4.69) is 25.3 Å². The second kappa shape index (κ2) is 7.23. The number of nitrogens with zero attached hydrogens (tertiary/aromatic N) is 4. The normalized spacial score (nSPS) is 10.8. The molecule has 2 aromatic rings. The van der Waals surface area contributed by atoms with Crippen molar-refractivity contribution in [1.82, 2.24) is 24.7 Å². The monoisotopic (exact) mass is 374 g/mol. The van der Waals surface area contributed by atoms with Gasteiger partial charge >= 0.3 is 18.1 Å². The van der Waals surface area contributed by atoms with Gasteiger partial charge in [0.1, 0.15) is 10.0 Å². The van der Waals surface area contributed by atoms with E-state index in [0.29, 0.717) is 0 Å². The molecule has 0 bridgehead atoms. The first-order valence-electron chi connectivity index (χ1n) is 6.14. The number of urea groups is 1. The Kier molecular flexibility index (Phi) is 5.31. The summed E-state index contributed by atoms with van der Waals surface area (Å²) < 4.78 is 35.6. The van der Waals surface area contributed by atoms with Crippen molar-refractivity contribution >= 4 is 33.6 Å². The van der Waals surface area contributed by atoms with Crippen molar-refractivity contribution < 1.29 is 22.7 Å². The highest BCUT2D eigenvalue weighted by atomic mass is 35.5. The third kappa shape index (κ3) is 4.17. The summed E-state index contributed by atoms with van der Waals surface area (Å²) >= 11 is 5.70. The Morgan fingerprint density at radius 3 is 2.33 bits per heavy atom. The highest BCUT2D eigenvalue weighted by Crippen LogP contribution is 2.17. The number of aromatic nitrogens is 4. The van der Waals surface area contributed by atoms with Gasteiger partial charge in [-0.15, -0.1) is 4.98 Å². The van der Waals surface area contributed by atoms with Crippen LogP contribution in [0.15, 0.2) is 23.2 Å². The van der Waals surface area contributed by atoms with Gasteiger partial charge in [0.25, 0.3) is 10.0 Å². The molecule has 13 heteroatoms. The van der Waals surface area contributed by atoms with Crippen molar-refractivity contribution in [3.8, 4) is 12.0 Å². The summed E-state index contributed by atoms with van der Waals surface area (Å²) in [6.45, 7) is 0.